The van der Waals surface area contributed by atoms with E-state index in [1.165, 1.54) is 16.9 Å². The van der Waals surface area contributed by atoms with Crippen molar-refractivity contribution < 1.29 is 9.59 Å². The van der Waals surface area contributed by atoms with E-state index in [1.807, 2.05) is 32.0 Å². The van der Waals surface area contributed by atoms with Gasteiger partial charge in [-0.1, -0.05) is 6.07 Å². The first-order chi connectivity index (χ1) is 11.0. The van der Waals surface area contributed by atoms with Gasteiger partial charge in [-0.25, -0.2) is 9.78 Å². The highest BCUT2D eigenvalue weighted by molar-refractivity contribution is 7.13. The molecule has 3 amide bonds. The van der Waals surface area contributed by atoms with E-state index in [2.05, 4.69) is 15.6 Å². The van der Waals surface area contributed by atoms with Crippen molar-refractivity contribution in [1.29, 1.82) is 0 Å². The minimum atomic E-state index is -0.334. The van der Waals surface area contributed by atoms with Crippen LogP contribution in [0.4, 0.5) is 15.6 Å². The maximum absolute atomic E-state index is 12.2. The lowest BCUT2D eigenvalue weighted by atomic mass is 10.1. The predicted octanol–water partition coefficient (Wildman–Crippen LogP) is 2.69. The van der Waals surface area contributed by atoms with Crippen LogP contribution < -0.4 is 15.5 Å². The number of anilines is 2. The number of rotatable bonds is 3. The Hall–Kier alpha value is -2.41. The summed E-state index contributed by atoms with van der Waals surface area (Å²) in [4.78, 5) is 29.9. The van der Waals surface area contributed by atoms with Gasteiger partial charge in [0.25, 0.3) is 0 Å². The lowest BCUT2D eigenvalue weighted by Gasteiger charge is -2.18. The molecule has 1 atom stereocenters. The third-order valence-electron chi connectivity index (χ3n) is 3.92. The van der Waals surface area contributed by atoms with E-state index in [4.69, 9.17) is 0 Å². The van der Waals surface area contributed by atoms with Crippen molar-refractivity contribution >= 4 is 34.1 Å². The molecule has 1 aliphatic heterocycles. The van der Waals surface area contributed by atoms with Crippen molar-refractivity contribution in [2.45, 2.75) is 26.3 Å². The average molecular weight is 330 g/mol. The van der Waals surface area contributed by atoms with Crippen LogP contribution in [0.1, 0.15) is 17.5 Å². The van der Waals surface area contributed by atoms with Gasteiger partial charge in [0.15, 0.2) is 5.13 Å². The molecule has 23 heavy (non-hydrogen) atoms. The minimum absolute atomic E-state index is 0.0211. The Kier molecular flexibility index (Phi) is 4.29. The smallest absolute Gasteiger partial charge is 0.321 e. The molecule has 0 spiro atoms. The monoisotopic (exact) mass is 330 g/mol. The molecule has 7 heteroatoms. The number of amides is 3. The van der Waals surface area contributed by atoms with Crippen molar-refractivity contribution in [3.8, 4) is 0 Å². The number of nitrogens with one attached hydrogen (secondary N) is 2. The number of urea groups is 1. The summed E-state index contributed by atoms with van der Waals surface area (Å²) < 4.78 is 0. The minimum Gasteiger partial charge on any atom is -0.333 e. The van der Waals surface area contributed by atoms with Crippen LogP contribution in [-0.2, 0) is 4.79 Å². The van der Waals surface area contributed by atoms with Crippen molar-refractivity contribution in [2.24, 2.45) is 0 Å². The van der Waals surface area contributed by atoms with Crippen molar-refractivity contribution in [2.75, 3.05) is 16.8 Å². The van der Waals surface area contributed by atoms with Gasteiger partial charge in [-0.2, -0.15) is 0 Å². The molecule has 0 radical (unpaired) electrons. The summed E-state index contributed by atoms with van der Waals surface area (Å²) in [5.41, 5.74) is 3.22. The molecule has 1 aliphatic rings. The van der Waals surface area contributed by atoms with Gasteiger partial charge in [-0.05, 0) is 37.1 Å². The number of thiazole rings is 1. The van der Waals surface area contributed by atoms with Crippen LogP contribution in [-0.4, -0.2) is 29.5 Å². The molecule has 0 bridgehead atoms. The van der Waals surface area contributed by atoms with Gasteiger partial charge in [-0.15, -0.1) is 11.3 Å². The first kappa shape index (κ1) is 15.5. The van der Waals surface area contributed by atoms with Gasteiger partial charge in [-0.3, -0.25) is 10.1 Å². The number of hydrogen-bond donors (Lipinski definition) is 2. The van der Waals surface area contributed by atoms with E-state index < -0.39 is 0 Å². The Balaban J connectivity index is 1.62. The predicted molar refractivity (Wildman–Crippen MR) is 90.9 cm³/mol. The summed E-state index contributed by atoms with van der Waals surface area (Å²) in [6.07, 6.45) is 1.93. The zero-order chi connectivity index (χ0) is 16.4. The maximum atomic E-state index is 12.2. The van der Waals surface area contributed by atoms with Crippen LogP contribution in [0.2, 0.25) is 0 Å². The highest BCUT2D eigenvalue weighted by Gasteiger charge is 2.31. The quantitative estimate of drug-likeness (QED) is 0.908. The Morgan fingerprint density at radius 1 is 1.35 bits per heavy atom. The molecule has 1 fully saturated rings. The van der Waals surface area contributed by atoms with Crippen molar-refractivity contribution in [1.82, 2.24) is 10.3 Å². The summed E-state index contributed by atoms with van der Waals surface area (Å²) in [7, 11) is 0. The van der Waals surface area contributed by atoms with Gasteiger partial charge < -0.3 is 10.2 Å². The third-order valence-corrected chi connectivity index (χ3v) is 4.60. The molecule has 1 aromatic carbocycles. The molecule has 0 aliphatic carbocycles. The highest BCUT2D eigenvalue weighted by atomic mass is 32.1. The molecule has 2 heterocycles. The second kappa shape index (κ2) is 6.37. The topological polar surface area (TPSA) is 74.3 Å². The van der Waals surface area contributed by atoms with E-state index in [1.54, 1.807) is 16.5 Å². The van der Waals surface area contributed by atoms with Crippen LogP contribution in [0, 0.1) is 13.8 Å². The number of nitrogens with zero attached hydrogens (tertiary/aromatic N) is 2. The molecule has 1 saturated heterocycles. The zero-order valence-corrected chi connectivity index (χ0v) is 13.8. The van der Waals surface area contributed by atoms with E-state index >= 15 is 0 Å². The standard InChI is InChI=1S/C16H18N4O2S/c1-10-3-4-13(7-11(10)2)20-9-12(8-14(20)21)18-15(22)19-16-17-5-6-23-16/h3-7,12H,8-9H2,1-2H3,(H2,17,18,19,22). The fraction of sp³-hybridized carbons (Fsp3) is 0.312. The van der Waals surface area contributed by atoms with Crippen LogP contribution in [0.25, 0.3) is 0 Å². The fourth-order valence-electron chi connectivity index (χ4n) is 2.55. The Labute approximate surface area is 138 Å². The van der Waals surface area contributed by atoms with Crippen LogP contribution in [0.15, 0.2) is 29.8 Å². The lowest BCUT2D eigenvalue weighted by molar-refractivity contribution is -0.117. The van der Waals surface area contributed by atoms with Crippen molar-refractivity contribution in [3.63, 3.8) is 0 Å². The number of aromatic nitrogens is 1. The highest BCUT2D eigenvalue weighted by Crippen LogP contribution is 2.24. The first-order valence-electron chi connectivity index (χ1n) is 7.37. The number of aryl methyl sites for hydroxylation is 2. The molecule has 120 valence electrons. The Bertz CT molecular complexity index is 730. The van der Waals surface area contributed by atoms with Gasteiger partial charge in [0.2, 0.25) is 5.91 Å². The van der Waals surface area contributed by atoms with Crippen LogP contribution in [0.5, 0.6) is 0 Å². The van der Waals surface area contributed by atoms with Crippen molar-refractivity contribution in [3.05, 3.63) is 40.9 Å². The summed E-state index contributed by atoms with van der Waals surface area (Å²) in [5, 5.41) is 7.82. The molecular weight excluding hydrogens is 312 g/mol. The summed E-state index contributed by atoms with van der Waals surface area (Å²) in [6, 6.07) is 5.42. The van der Waals surface area contributed by atoms with Gasteiger partial charge in [0.05, 0.1) is 6.04 Å². The number of hydrogen-bond acceptors (Lipinski definition) is 4. The van der Waals surface area contributed by atoms with Crippen LogP contribution >= 0.6 is 11.3 Å². The fourth-order valence-corrected chi connectivity index (χ4v) is 3.08. The van der Waals surface area contributed by atoms with Gasteiger partial charge in [0, 0.05) is 30.2 Å². The third kappa shape index (κ3) is 3.50. The molecule has 2 N–H and O–H groups in total. The van der Waals surface area contributed by atoms with Gasteiger partial charge in [0.1, 0.15) is 0 Å². The van der Waals surface area contributed by atoms with E-state index in [-0.39, 0.29) is 18.0 Å². The lowest BCUT2D eigenvalue weighted by Crippen LogP contribution is -2.39. The van der Waals surface area contributed by atoms with Gasteiger partial charge >= 0.3 is 6.03 Å². The zero-order valence-electron chi connectivity index (χ0n) is 13.0. The van der Waals surface area contributed by atoms with E-state index in [0.717, 1.165) is 11.3 Å². The molecule has 0 saturated carbocycles. The number of carbonyl (C=O) groups excluding carboxylic acids is 2. The SMILES string of the molecule is Cc1ccc(N2CC(NC(=O)Nc3nccs3)CC2=O)cc1C. The molecular formula is C16H18N4O2S. The van der Waals surface area contributed by atoms with E-state index in [9.17, 15) is 9.59 Å². The second-order valence-electron chi connectivity index (χ2n) is 5.61. The molecule has 6 nitrogen and oxygen atoms in total. The maximum Gasteiger partial charge on any atom is 0.321 e. The molecule has 2 aromatic rings. The average Bonchev–Trinajstić information content (AvgIpc) is 3.12. The first-order valence-corrected chi connectivity index (χ1v) is 8.25. The second-order valence-corrected chi connectivity index (χ2v) is 6.50. The number of benzene rings is 1. The Morgan fingerprint density at radius 3 is 2.87 bits per heavy atom. The summed E-state index contributed by atoms with van der Waals surface area (Å²) >= 11 is 1.35. The largest absolute Gasteiger partial charge is 0.333 e. The normalized spacial score (nSPS) is 17.4. The molecule has 3 rings (SSSR count). The number of carbonyl (C=O) groups is 2. The Morgan fingerprint density at radius 2 is 2.17 bits per heavy atom. The summed E-state index contributed by atoms with van der Waals surface area (Å²) in [6.45, 7) is 4.54. The van der Waals surface area contributed by atoms with Crippen LogP contribution in [0.3, 0.4) is 0 Å². The van der Waals surface area contributed by atoms with E-state index in [0.29, 0.717) is 18.1 Å². The molecule has 1 aromatic heterocycles. The molecule has 1 unspecified atom stereocenters. The summed E-state index contributed by atoms with van der Waals surface area (Å²) in [5.74, 6) is 0.0211.